The lowest BCUT2D eigenvalue weighted by Gasteiger charge is -2.32. The topological polar surface area (TPSA) is 83.9 Å². The maximum Gasteiger partial charge on any atom is 0.246 e. The number of piperidine rings is 1. The molecule has 3 aromatic rings. The van der Waals surface area contributed by atoms with Gasteiger partial charge in [0.15, 0.2) is 5.13 Å². The summed E-state index contributed by atoms with van der Waals surface area (Å²) in [6.07, 6.45) is 9.80. The summed E-state index contributed by atoms with van der Waals surface area (Å²) < 4.78 is 0. The number of carbonyl (C=O) groups excluding carboxylic acids is 1. The first kappa shape index (κ1) is 20.6. The van der Waals surface area contributed by atoms with Crippen LogP contribution in [0.2, 0.25) is 0 Å². The van der Waals surface area contributed by atoms with Crippen LogP contribution in [0.4, 0.5) is 10.9 Å². The molecular weight excluding hydrogens is 416 g/mol. The van der Waals surface area contributed by atoms with Crippen molar-refractivity contribution in [2.75, 3.05) is 18.4 Å². The van der Waals surface area contributed by atoms with E-state index in [9.17, 15) is 4.79 Å². The Morgan fingerprint density at radius 2 is 2.23 bits per heavy atom. The van der Waals surface area contributed by atoms with Crippen molar-refractivity contribution < 1.29 is 4.79 Å². The van der Waals surface area contributed by atoms with Gasteiger partial charge in [-0.2, -0.15) is 0 Å². The molecule has 1 N–H and O–H groups in total. The Kier molecular flexibility index (Phi) is 6.49. The average molecular weight is 441 g/mol. The zero-order valence-corrected chi connectivity index (χ0v) is 18.7. The quantitative estimate of drug-likeness (QED) is 0.577. The summed E-state index contributed by atoms with van der Waals surface area (Å²) in [6, 6.07) is 1.97. The molecule has 0 aromatic carbocycles. The van der Waals surface area contributed by atoms with Crippen molar-refractivity contribution in [3.63, 3.8) is 0 Å². The van der Waals surface area contributed by atoms with E-state index in [0.29, 0.717) is 5.92 Å². The largest absolute Gasteiger partial charge is 0.339 e. The van der Waals surface area contributed by atoms with Gasteiger partial charge in [-0.3, -0.25) is 4.79 Å². The third kappa shape index (κ3) is 5.48. The molecule has 1 aliphatic rings. The molecule has 1 unspecified atom stereocenters. The minimum atomic E-state index is 0.0505. The summed E-state index contributed by atoms with van der Waals surface area (Å²) in [5.74, 6) is 1.19. The van der Waals surface area contributed by atoms with Crippen molar-refractivity contribution in [3.8, 4) is 0 Å². The number of anilines is 2. The van der Waals surface area contributed by atoms with Crippen molar-refractivity contribution in [1.29, 1.82) is 0 Å². The molecule has 0 bridgehead atoms. The monoisotopic (exact) mass is 440 g/mol. The SMILES string of the molecule is Cc1cnc(Nc2cc(CC3CCCN(C(=O)/C=C/c4csc(C)n4)C3)ncn2)s1. The van der Waals surface area contributed by atoms with E-state index in [0.717, 1.165) is 64.6 Å². The fraction of sp³-hybridized carbons (Fsp3) is 0.381. The predicted octanol–water partition coefficient (Wildman–Crippen LogP) is 4.24. The van der Waals surface area contributed by atoms with Gasteiger partial charge in [-0.25, -0.2) is 19.9 Å². The van der Waals surface area contributed by atoms with Crippen LogP contribution < -0.4 is 5.32 Å². The van der Waals surface area contributed by atoms with Crippen LogP contribution in [0.15, 0.2) is 30.0 Å². The van der Waals surface area contributed by atoms with Crippen LogP contribution in [0.25, 0.3) is 6.08 Å². The number of aryl methyl sites for hydroxylation is 2. The second-order valence-corrected chi connectivity index (χ2v) is 9.71. The van der Waals surface area contributed by atoms with E-state index in [1.165, 1.54) is 0 Å². The molecule has 7 nitrogen and oxygen atoms in total. The molecule has 1 atom stereocenters. The van der Waals surface area contributed by atoms with E-state index in [2.05, 4.69) is 25.3 Å². The van der Waals surface area contributed by atoms with Gasteiger partial charge < -0.3 is 10.2 Å². The van der Waals surface area contributed by atoms with E-state index >= 15 is 0 Å². The van der Waals surface area contributed by atoms with Gasteiger partial charge in [0.05, 0.1) is 10.7 Å². The fourth-order valence-corrected chi connectivity index (χ4v) is 4.80. The highest BCUT2D eigenvalue weighted by atomic mass is 32.1. The zero-order chi connectivity index (χ0) is 20.9. The Bertz CT molecular complexity index is 1040. The van der Waals surface area contributed by atoms with Crippen LogP contribution in [0, 0.1) is 19.8 Å². The van der Waals surface area contributed by atoms with Crippen LogP contribution in [-0.2, 0) is 11.2 Å². The average Bonchev–Trinajstić information content (AvgIpc) is 3.34. The molecule has 4 rings (SSSR count). The van der Waals surface area contributed by atoms with Crippen molar-refractivity contribution in [1.82, 2.24) is 24.8 Å². The van der Waals surface area contributed by atoms with E-state index in [1.54, 1.807) is 41.2 Å². The van der Waals surface area contributed by atoms with Gasteiger partial charge in [-0.05, 0) is 45.1 Å². The molecule has 1 fully saturated rings. The number of rotatable bonds is 6. The molecule has 9 heteroatoms. The van der Waals surface area contributed by atoms with Gasteiger partial charge in [0, 0.05) is 47.4 Å². The fourth-order valence-electron chi connectivity index (χ4n) is 3.55. The molecule has 0 saturated carbocycles. The maximum absolute atomic E-state index is 12.6. The standard InChI is InChI=1S/C21H24N6OS2/c1-14-10-22-21(30-14)26-19-9-18(23-13-24-19)8-16-4-3-7-27(11-16)20(28)6-5-17-12-29-15(2)25-17/h5-6,9-10,12-13,16H,3-4,7-8,11H2,1-2H3,(H,22,23,24,26)/b6-5+. The molecular formula is C21H24N6OS2. The highest BCUT2D eigenvalue weighted by Gasteiger charge is 2.23. The van der Waals surface area contributed by atoms with Crippen molar-refractivity contribution in [2.45, 2.75) is 33.1 Å². The lowest BCUT2D eigenvalue weighted by Crippen LogP contribution is -2.39. The molecule has 0 aliphatic carbocycles. The third-order valence-corrected chi connectivity index (χ3v) is 6.56. The summed E-state index contributed by atoms with van der Waals surface area (Å²) >= 11 is 3.18. The van der Waals surface area contributed by atoms with E-state index < -0.39 is 0 Å². The van der Waals surface area contributed by atoms with Gasteiger partial charge >= 0.3 is 0 Å². The van der Waals surface area contributed by atoms with Gasteiger partial charge in [0.1, 0.15) is 12.1 Å². The number of nitrogens with zero attached hydrogens (tertiary/aromatic N) is 5. The number of hydrogen-bond acceptors (Lipinski definition) is 8. The Hall–Kier alpha value is -2.65. The van der Waals surface area contributed by atoms with E-state index in [-0.39, 0.29) is 5.91 Å². The van der Waals surface area contributed by atoms with E-state index in [1.807, 2.05) is 36.4 Å². The molecule has 30 heavy (non-hydrogen) atoms. The number of amides is 1. The van der Waals surface area contributed by atoms with Gasteiger partial charge in [0.25, 0.3) is 0 Å². The number of aromatic nitrogens is 4. The van der Waals surface area contributed by atoms with Crippen molar-refractivity contribution in [2.24, 2.45) is 5.92 Å². The molecule has 3 aromatic heterocycles. The number of nitrogens with one attached hydrogen (secondary N) is 1. The normalized spacial score (nSPS) is 16.9. The molecule has 0 spiro atoms. The molecule has 4 heterocycles. The van der Waals surface area contributed by atoms with Crippen molar-refractivity contribution in [3.05, 3.63) is 51.3 Å². The van der Waals surface area contributed by atoms with Gasteiger partial charge in [-0.1, -0.05) is 0 Å². The highest BCUT2D eigenvalue weighted by Crippen LogP contribution is 2.23. The first-order valence-corrected chi connectivity index (χ1v) is 11.6. The number of likely N-dealkylation sites (tertiary alicyclic amines) is 1. The van der Waals surface area contributed by atoms with Crippen LogP contribution in [0.1, 0.15) is 34.1 Å². The lowest BCUT2D eigenvalue weighted by atomic mass is 9.93. The highest BCUT2D eigenvalue weighted by molar-refractivity contribution is 7.15. The summed E-state index contributed by atoms with van der Waals surface area (Å²) in [5, 5.41) is 7.04. The number of thiazole rings is 2. The third-order valence-electron chi connectivity index (χ3n) is 4.94. The molecule has 0 radical (unpaired) electrons. The van der Waals surface area contributed by atoms with Crippen molar-refractivity contribution >= 4 is 45.6 Å². The molecule has 1 aliphatic heterocycles. The zero-order valence-electron chi connectivity index (χ0n) is 17.0. The summed E-state index contributed by atoms with van der Waals surface area (Å²) in [6.45, 7) is 5.54. The van der Waals surface area contributed by atoms with Gasteiger partial charge in [-0.15, -0.1) is 22.7 Å². The molecule has 1 saturated heterocycles. The lowest BCUT2D eigenvalue weighted by molar-refractivity contribution is -0.127. The Balaban J connectivity index is 1.35. The Morgan fingerprint density at radius 1 is 1.33 bits per heavy atom. The van der Waals surface area contributed by atoms with Crippen LogP contribution in [0.5, 0.6) is 0 Å². The second-order valence-electron chi connectivity index (χ2n) is 7.42. The summed E-state index contributed by atoms with van der Waals surface area (Å²) in [5.41, 5.74) is 1.82. The summed E-state index contributed by atoms with van der Waals surface area (Å²) in [7, 11) is 0. The van der Waals surface area contributed by atoms with E-state index in [4.69, 9.17) is 0 Å². The van der Waals surface area contributed by atoms with Gasteiger partial charge in [0.2, 0.25) is 5.91 Å². The maximum atomic E-state index is 12.6. The second kappa shape index (κ2) is 9.44. The molecule has 156 valence electrons. The summed E-state index contributed by atoms with van der Waals surface area (Å²) in [4.78, 5) is 33.1. The first-order valence-electron chi connectivity index (χ1n) is 9.94. The van der Waals surface area contributed by atoms with Crippen LogP contribution >= 0.6 is 22.7 Å². The van der Waals surface area contributed by atoms with Crippen LogP contribution in [-0.4, -0.2) is 43.8 Å². The smallest absolute Gasteiger partial charge is 0.246 e. The first-order chi connectivity index (χ1) is 14.5. The van der Waals surface area contributed by atoms with Crippen LogP contribution in [0.3, 0.4) is 0 Å². The number of carbonyl (C=O) groups is 1. The molecule has 1 amide bonds. The minimum absolute atomic E-state index is 0.0505. The Morgan fingerprint density at radius 3 is 3.00 bits per heavy atom. The number of hydrogen-bond donors (Lipinski definition) is 1. The Labute approximate surface area is 183 Å². The predicted molar refractivity (Wildman–Crippen MR) is 121 cm³/mol. The minimum Gasteiger partial charge on any atom is -0.339 e.